The summed E-state index contributed by atoms with van der Waals surface area (Å²) < 4.78 is 30.8. The highest BCUT2D eigenvalue weighted by Crippen LogP contribution is 2.31. The molecule has 2 aromatic rings. The van der Waals surface area contributed by atoms with E-state index in [2.05, 4.69) is 40.7 Å². The molecule has 0 aromatic heterocycles. The first-order valence-corrected chi connectivity index (χ1v) is 10.8. The Labute approximate surface area is 182 Å². The minimum absolute atomic E-state index is 0.198. The molecule has 1 fully saturated rings. The fraction of sp³-hybridized carbons (Fsp3) is 0.458. The summed E-state index contributed by atoms with van der Waals surface area (Å²) in [6.07, 6.45) is 3.15. The van der Waals surface area contributed by atoms with Crippen LogP contribution in [0.4, 0.5) is 4.39 Å². The molecule has 6 nitrogen and oxygen atoms in total. The SMILES string of the molecule is CN=C(NCCc1cc(F)cc2c1OCOC2)NCc1ccc(C)cc1OCC1CC1. The molecular formula is C24H30FN3O3. The van der Waals surface area contributed by atoms with Gasteiger partial charge in [0, 0.05) is 31.3 Å². The summed E-state index contributed by atoms with van der Waals surface area (Å²) in [6, 6.07) is 9.27. The highest BCUT2D eigenvalue weighted by Gasteiger charge is 2.22. The van der Waals surface area contributed by atoms with E-state index in [1.54, 1.807) is 7.05 Å². The number of halogens is 1. The number of aryl methyl sites for hydroxylation is 1. The fourth-order valence-corrected chi connectivity index (χ4v) is 3.59. The lowest BCUT2D eigenvalue weighted by atomic mass is 10.1. The summed E-state index contributed by atoms with van der Waals surface area (Å²) in [4.78, 5) is 4.30. The molecule has 0 atom stereocenters. The Hall–Kier alpha value is -2.80. The summed E-state index contributed by atoms with van der Waals surface area (Å²) in [5.74, 6) is 2.78. The molecule has 2 aromatic carbocycles. The Morgan fingerprint density at radius 2 is 2.06 bits per heavy atom. The van der Waals surface area contributed by atoms with Crippen molar-refractivity contribution in [3.8, 4) is 11.5 Å². The summed E-state index contributed by atoms with van der Waals surface area (Å²) in [5, 5.41) is 6.64. The predicted octanol–water partition coefficient (Wildman–Crippen LogP) is 3.70. The predicted molar refractivity (Wildman–Crippen MR) is 118 cm³/mol. The first-order chi connectivity index (χ1) is 15.1. The minimum Gasteiger partial charge on any atom is -0.493 e. The van der Waals surface area contributed by atoms with Gasteiger partial charge in [0.15, 0.2) is 12.8 Å². The maximum atomic E-state index is 13.9. The third-order valence-electron chi connectivity index (χ3n) is 5.50. The van der Waals surface area contributed by atoms with Gasteiger partial charge in [-0.2, -0.15) is 0 Å². The number of nitrogens with zero attached hydrogens (tertiary/aromatic N) is 1. The van der Waals surface area contributed by atoms with Gasteiger partial charge in [-0.05, 0) is 61.4 Å². The molecule has 166 valence electrons. The summed E-state index contributed by atoms with van der Waals surface area (Å²) in [5.41, 5.74) is 3.86. The van der Waals surface area contributed by atoms with Crippen molar-refractivity contribution in [1.29, 1.82) is 0 Å². The normalized spacial score (nSPS) is 15.8. The third-order valence-corrected chi connectivity index (χ3v) is 5.50. The average Bonchev–Trinajstić information content (AvgIpc) is 3.60. The van der Waals surface area contributed by atoms with Crippen LogP contribution in [0.25, 0.3) is 0 Å². The van der Waals surface area contributed by atoms with Crippen molar-refractivity contribution in [2.45, 2.75) is 39.3 Å². The van der Waals surface area contributed by atoms with Gasteiger partial charge in [0.05, 0.1) is 13.2 Å². The number of fused-ring (bicyclic) bond motifs is 1. The number of rotatable bonds is 8. The maximum Gasteiger partial charge on any atom is 0.191 e. The topological polar surface area (TPSA) is 64.1 Å². The van der Waals surface area contributed by atoms with E-state index in [1.165, 1.54) is 30.5 Å². The van der Waals surface area contributed by atoms with Crippen molar-refractivity contribution < 1.29 is 18.6 Å². The van der Waals surface area contributed by atoms with Crippen LogP contribution in [0.1, 0.15) is 35.1 Å². The number of hydrogen-bond donors (Lipinski definition) is 2. The van der Waals surface area contributed by atoms with Crippen LogP contribution < -0.4 is 20.1 Å². The van der Waals surface area contributed by atoms with Crippen LogP contribution in [-0.4, -0.2) is 33.0 Å². The zero-order chi connectivity index (χ0) is 21.6. The van der Waals surface area contributed by atoms with Crippen molar-refractivity contribution in [2.75, 3.05) is 27.0 Å². The highest BCUT2D eigenvalue weighted by molar-refractivity contribution is 5.79. The minimum atomic E-state index is -0.275. The van der Waals surface area contributed by atoms with Crippen molar-refractivity contribution in [3.05, 3.63) is 58.4 Å². The van der Waals surface area contributed by atoms with E-state index >= 15 is 0 Å². The van der Waals surface area contributed by atoms with Gasteiger partial charge in [-0.1, -0.05) is 12.1 Å². The number of ether oxygens (including phenoxy) is 3. The van der Waals surface area contributed by atoms with E-state index in [1.807, 2.05) is 0 Å². The van der Waals surface area contributed by atoms with Gasteiger partial charge in [0.25, 0.3) is 0 Å². The Balaban J connectivity index is 1.31. The first-order valence-electron chi connectivity index (χ1n) is 10.8. The lowest BCUT2D eigenvalue weighted by molar-refractivity contribution is -0.0172. The molecule has 7 heteroatoms. The smallest absolute Gasteiger partial charge is 0.191 e. The number of guanidine groups is 1. The van der Waals surface area contributed by atoms with E-state index in [0.29, 0.717) is 38.0 Å². The number of aliphatic imine (C=N–C) groups is 1. The Morgan fingerprint density at radius 3 is 2.87 bits per heavy atom. The zero-order valence-corrected chi connectivity index (χ0v) is 18.2. The van der Waals surface area contributed by atoms with E-state index in [-0.39, 0.29) is 12.6 Å². The largest absolute Gasteiger partial charge is 0.493 e. The van der Waals surface area contributed by atoms with Gasteiger partial charge in [-0.15, -0.1) is 0 Å². The van der Waals surface area contributed by atoms with Crippen LogP contribution in [0.15, 0.2) is 35.3 Å². The zero-order valence-electron chi connectivity index (χ0n) is 18.2. The summed E-state index contributed by atoms with van der Waals surface area (Å²) >= 11 is 0. The van der Waals surface area contributed by atoms with Gasteiger partial charge >= 0.3 is 0 Å². The molecule has 0 unspecified atom stereocenters. The molecule has 1 aliphatic heterocycles. The van der Waals surface area contributed by atoms with Crippen molar-refractivity contribution in [3.63, 3.8) is 0 Å². The van der Waals surface area contributed by atoms with Gasteiger partial charge in [0.2, 0.25) is 0 Å². The van der Waals surface area contributed by atoms with Crippen molar-refractivity contribution >= 4 is 5.96 Å². The molecule has 0 amide bonds. The first kappa shape index (κ1) is 21.4. The second-order valence-electron chi connectivity index (χ2n) is 8.13. The Morgan fingerprint density at radius 1 is 1.19 bits per heavy atom. The molecular weight excluding hydrogens is 397 g/mol. The van der Waals surface area contributed by atoms with Crippen LogP contribution in [0, 0.1) is 18.7 Å². The van der Waals surface area contributed by atoms with Crippen LogP contribution in [0.2, 0.25) is 0 Å². The van der Waals surface area contributed by atoms with Crippen molar-refractivity contribution in [2.24, 2.45) is 10.9 Å². The van der Waals surface area contributed by atoms with Crippen LogP contribution in [0.3, 0.4) is 0 Å². The lowest BCUT2D eigenvalue weighted by Crippen LogP contribution is -2.38. The van der Waals surface area contributed by atoms with E-state index < -0.39 is 0 Å². The molecule has 1 aliphatic carbocycles. The van der Waals surface area contributed by atoms with Crippen LogP contribution >= 0.6 is 0 Å². The lowest BCUT2D eigenvalue weighted by Gasteiger charge is -2.21. The second kappa shape index (κ2) is 10.0. The van der Waals surface area contributed by atoms with Crippen LogP contribution in [-0.2, 0) is 24.3 Å². The van der Waals surface area contributed by atoms with Gasteiger partial charge < -0.3 is 24.8 Å². The number of nitrogens with one attached hydrogen (secondary N) is 2. The van der Waals surface area contributed by atoms with E-state index in [4.69, 9.17) is 14.2 Å². The Bertz CT molecular complexity index is 944. The highest BCUT2D eigenvalue weighted by atomic mass is 19.1. The van der Waals surface area contributed by atoms with E-state index in [0.717, 1.165) is 34.8 Å². The number of benzene rings is 2. The monoisotopic (exact) mass is 427 g/mol. The van der Waals surface area contributed by atoms with Gasteiger partial charge in [-0.3, -0.25) is 4.99 Å². The molecule has 0 saturated heterocycles. The maximum absolute atomic E-state index is 13.9. The molecule has 2 aliphatic rings. The molecule has 2 N–H and O–H groups in total. The van der Waals surface area contributed by atoms with E-state index in [9.17, 15) is 4.39 Å². The molecule has 4 rings (SSSR count). The van der Waals surface area contributed by atoms with Gasteiger partial charge in [-0.25, -0.2) is 4.39 Å². The quantitative estimate of drug-likeness (QED) is 0.497. The summed E-state index contributed by atoms with van der Waals surface area (Å²) in [6.45, 7) is 4.63. The average molecular weight is 428 g/mol. The molecule has 31 heavy (non-hydrogen) atoms. The summed E-state index contributed by atoms with van der Waals surface area (Å²) in [7, 11) is 1.74. The third kappa shape index (κ3) is 5.88. The van der Waals surface area contributed by atoms with Crippen LogP contribution in [0.5, 0.6) is 11.5 Å². The molecule has 1 heterocycles. The molecule has 1 saturated carbocycles. The number of hydrogen-bond acceptors (Lipinski definition) is 4. The van der Waals surface area contributed by atoms with Crippen molar-refractivity contribution in [1.82, 2.24) is 10.6 Å². The second-order valence-corrected chi connectivity index (χ2v) is 8.13. The fourth-order valence-electron chi connectivity index (χ4n) is 3.59. The molecule has 0 spiro atoms. The Kier molecular flexibility index (Phi) is 6.92. The molecule has 0 bridgehead atoms. The standard InChI is InChI=1S/C24H30FN3O3/c1-16-3-6-19(22(9-16)30-13-17-4-5-17)12-28-24(26-2)27-8-7-18-10-21(25)11-20-14-29-15-31-23(18)20/h3,6,9-11,17H,4-5,7-8,12-15H2,1-2H3,(H2,26,27,28). The van der Waals surface area contributed by atoms with Gasteiger partial charge in [0.1, 0.15) is 17.3 Å². The molecule has 0 radical (unpaired) electrons.